The molecule has 0 aliphatic carbocycles. The molecule has 4 aromatic rings. The minimum absolute atomic E-state index is 0.0997. The summed E-state index contributed by atoms with van der Waals surface area (Å²) in [5, 5.41) is 9.50. The molecule has 2 unspecified atom stereocenters. The fraction of sp³-hybridized carbons (Fsp3) is 0.353. The van der Waals surface area contributed by atoms with Crippen molar-refractivity contribution >= 4 is 39.0 Å². The van der Waals surface area contributed by atoms with E-state index >= 15 is 0 Å². The van der Waals surface area contributed by atoms with Crippen LogP contribution in [0.5, 0.6) is 5.75 Å². The standard InChI is InChI=1S/C34H37N5O5S/c40-34(36-30-13-17-43-32-18-24(8-11-29(30)32)22-38-14-4-1-5-15-38)20-33(39-16-12-31-27(23-39)21-35-44-31)37-45(41,42)28-10-9-25-6-2-3-7-26(25)19-28/h2-3,6-12,18-19,21,23,30,33,37H,1,4-5,13-17,20,22H2,(H,36,40). The second-order valence-corrected chi connectivity index (χ2v) is 13.7. The normalized spacial score (nSPS) is 19.0. The van der Waals surface area contributed by atoms with Crippen LogP contribution in [0.2, 0.25) is 0 Å². The number of hydrogen-bond donors (Lipinski definition) is 2. The summed E-state index contributed by atoms with van der Waals surface area (Å²) in [6.45, 7) is 3.97. The molecule has 45 heavy (non-hydrogen) atoms. The molecule has 4 heterocycles. The van der Waals surface area contributed by atoms with Gasteiger partial charge in [-0.1, -0.05) is 54.0 Å². The smallest absolute Gasteiger partial charge is 0.242 e. The summed E-state index contributed by atoms with van der Waals surface area (Å²) in [4.78, 5) is 18.0. The molecule has 1 saturated heterocycles. The van der Waals surface area contributed by atoms with Crippen molar-refractivity contribution in [2.45, 2.75) is 55.8 Å². The summed E-state index contributed by atoms with van der Waals surface area (Å²) in [5.74, 6) is 0.537. The molecule has 0 bridgehead atoms. The quantitative estimate of drug-likeness (QED) is 0.291. The van der Waals surface area contributed by atoms with Gasteiger partial charge in [0.15, 0.2) is 5.42 Å². The number of sulfonamides is 1. The van der Waals surface area contributed by atoms with Crippen LogP contribution in [-0.2, 0) is 21.4 Å². The van der Waals surface area contributed by atoms with E-state index in [4.69, 9.17) is 9.26 Å². The average molecular weight is 628 g/mol. The Hall–Kier alpha value is -4.19. The fourth-order valence-electron chi connectivity index (χ4n) is 6.44. The molecule has 11 heteroatoms. The van der Waals surface area contributed by atoms with Gasteiger partial charge in [-0.3, -0.25) is 9.69 Å². The highest BCUT2D eigenvalue weighted by Gasteiger charge is 2.30. The molecule has 10 nitrogen and oxygen atoms in total. The van der Waals surface area contributed by atoms with Crippen LogP contribution in [-0.4, -0.2) is 61.7 Å². The van der Waals surface area contributed by atoms with Crippen LogP contribution in [0.1, 0.15) is 49.3 Å². The second-order valence-electron chi connectivity index (χ2n) is 12.0. The number of carbonyl (C=O) groups excluding carboxylic acids is 1. The van der Waals surface area contributed by atoms with Gasteiger partial charge in [0.05, 0.1) is 35.4 Å². The SMILES string of the molecule is O=C(CC(NS(=O)(=O)c1ccc2ccccc2c1)N1C=c2cnoc2=CC1)NC1CCOc2cc(CN3CCCCC3)ccc21. The number of benzene rings is 3. The van der Waals surface area contributed by atoms with Crippen molar-refractivity contribution in [3.63, 3.8) is 0 Å². The Kier molecular flexibility index (Phi) is 8.31. The third-order valence-corrected chi connectivity index (χ3v) is 10.3. The first kappa shape index (κ1) is 29.5. The molecule has 1 aromatic heterocycles. The number of fused-ring (bicyclic) bond motifs is 3. The zero-order valence-corrected chi connectivity index (χ0v) is 25.8. The van der Waals surface area contributed by atoms with Crippen LogP contribution >= 0.6 is 0 Å². The van der Waals surface area contributed by atoms with E-state index in [0.717, 1.165) is 46.9 Å². The average Bonchev–Trinajstić information content (AvgIpc) is 3.53. The van der Waals surface area contributed by atoms with Gasteiger partial charge in [-0.2, -0.15) is 4.72 Å². The summed E-state index contributed by atoms with van der Waals surface area (Å²) in [6.07, 6.45) is 8.63. The number of carbonyl (C=O) groups is 1. The fourth-order valence-corrected chi connectivity index (χ4v) is 7.68. The third kappa shape index (κ3) is 6.61. The van der Waals surface area contributed by atoms with Crippen LogP contribution in [0.4, 0.5) is 0 Å². The Labute approximate surface area is 262 Å². The number of ether oxygens (including phenoxy) is 1. The number of nitrogens with one attached hydrogen (secondary N) is 2. The molecule has 3 aliphatic heterocycles. The molecule has 234 valence electrons. The first-order chi connectivity index (χ1) is 21.9. The van der Waals surface area contributed by atoms with Crippen LogP contribution in [0.15, 0.2) is 76.3 Å². The first-order valence-electron chi connectivity index (χ1n) is 15.6. The maximum Gasteiger partial charge on any atom is 0.242 e. The highest BCUT2D eigenvalue weighted by Crippen LogP contribution is 2.33. The van der Waals surface area contributed by atoms with Crippen molar-refractivity contribution in [2.75, 3.05) is 26.2 Å². The highest BCUT2D eigenvalue weighted by atomic mass is 32.2. The van der Waals surface area contributed by atoms with E-state index in [0.29, 0.717) is 25.0 Å². The van der Waals surface area contributed by atoms with E-state index in [9.17, 15) is 13.2 Å². The van der Waals surface area contributed by atoms with Gasteiger partial charge in [0.25, 0.3) is 0 Å². The highest BCUT2D eigenvalue weighted by molar-refractivity contribution is 7.89. The van der Waals surface area contributed by atoms with E-state index in [1.54, 1.807) is 35.5 Å². The lowest BCUT2D eigenvalue weighted by molar-refractivity contribution is -0.123. The maximum atomic E-state index is 13.7. The van der Waals surface area contributed by atoms with Gasteiger partial charge in [-0.05, 0) is 66.5 Å². The van der Waals surface area contributed by atoms with Crippen molar-refractivity contribution in [1.29, 1.82) is 0 Å². The molecular weight excluding hydrogens is 590 g/mol. The number of hydrogen-bond acceptors (Lipinski definition) is 8. The molecule has 0 saturated carbocycles. The summed E-state index contributed by atoms with van der Waals surface area (Å²) < 4.78 is 41.5. The van der Waals surface area contributed by atoms with Gasteiger partial charge < -0.3 is 19.5 Å². The molecule has 1 amide bonds. The zero-order valence-electron chi connectivity index (χ0n) is 25.0. The largest absolute Gasteiger partial charge is 0.493 e. The lowest BCUT2D eigenvalue weighted by Gasteiger charge is -2.32. The maximum absolute atomic E-state index is 13.7. The lowest BCUT2D eigenvalue weighted by Crippen LogP contribution is -2.51. The summed E-state index contributed by atoms with van der Waals surface area (Å²) >= 11 is 0. The number of nitrogens with zero attached hydrogens (tertiary/aromatic N) is 3. The van der Waals surface area contributed by atoms with Crippen molar-refractivity contribution < 1.29 is 22.5 Å². The Bertz CT molecular complexity index is 1940. The van der Waals surface area contributed by atoms with E-state index in [2.05, 4.69) is 38.3 Å². The van der Waals surface area contributed by atoms with Crippen molar-refractivity contribution in [3.8, 4) is 5.75 Å². The van der Waals surface area contributed by atoms with E-state index < -0.39 is 16.2 Å². The molecule has 2 atom stereocenters. The zero-order chi connectivity index (χ0) is 30.8. The molecule has 2 N–H and O–H groups in total. The van der Waals surface area contributed by atoms with Crippen LogP contribution in [0.25, 0.3) is 23.0 Å². The van der Waals surface area contributed by atoms with Crippen molar-refractivity contribution in [1.82, 2.24) is 25.0 Å². The topological polar surface area (TPSA) is 117 Å². The van der Waals surface area contributed by atoms with E-state index in [-0.39, 0.29) is 23.3 Å². The molecule has 7 rings (SSSR count). The van der Waals surface area contributed by atoms with E-state index in [1.165, 1.54) is 24.8 Å². The number of amides is 1. The van der Waals surface area contributed by atoms with Crippen molar-refractivity contribution in [3.05, 3.63) is 88.6 Å². The van der Waals surface area contributed by atoms with Crippen LogP contribution in [0.3, 0.4) is 0 Å². The Morgan fingerprint density at radius 1 is 1.02 bits per heavy atom. The minimum atomic E-state index is -3.98. The first-order valence-corrected chi connectivity index (χ1v) is 17.1. The number of rotatable bonds is 9. The van der Waals surface area contributed by atoms with Gasteiger partial charge in [0.1, 0.15) is 11.9 Å². The van der Waals surface area contributed by atoms with E-state index in [1.807, 2.05) is 30.3 Å². The van der Waals surface area contributed by atoms with Crippen LogP contribution in [0, 0.1) is 0 Å². The number of aromatic nitrogens is 1. The van der Waals surface area contributed by atoms with Gasteiger partial charge in [0, 0.05) is 31.3 Å². The molecule has 3 aromatic carbocycles. The molecule has 0 spiro atoms. The molecular formula is C34H37N5O5S. The monoisotopic (exact) mass is 627 g/mol. The van der Waals surface area contributed by atoms with Crippen molar-refractivity contribution in [2.24, 2.45) is 0 Å². The Balaban J connectivity index is 1.10. The van der Waals surface area contributed by atoms with Gasteiger partial charge >= 0.3 is 0 Å². The lowest BCUT2D eigenvalue weighted by atomic mass is 9.98. The number of piperidine rings is 1. The predicted molar refractivity (Wildman–Crippen MR) is 171 cm³/mol. The predicted octanol–water partition coefficient (Wildman–Crippen LogP) is 2.98. The van der Waals surface area contributed by atoms with Gasteiger partial charge in [-0.15, -0.1) is 0 Å². The molecule has 0 radical (unpaired) electrons. The summed E-state index contributed by atoms with van der Waals surface area (Å²) in [5.41, 5.74) is 2.76. The summed E-state index contributed by atoms with van der Waals surface area (Å²) in [6, 6.07) is 18.7. The number of likely N-dealkylation sites (tertiary alicyclic amines) is 1. The van der Waals surface area contributed by atoms with Gasteiger partial charge in [-0.25, -0.2) is 8.42 Å². The summed E-state index contributed by atoms with van der Waals surface area (Å²) in [7, 11) is -3.98. The van der Waals surface area contributed by atoms with Gasteiger partial charge in [0.2, 0.25) is 15.9 Å². The Morgan fingerprint density at radius 3 is 2.73 bits per heavy atom. The Morgan fingerprint density at radius 2 is 1.87 bits per heavy atom. The molecule has 1 fully saturated rings. The molecule has 3 aliphatic rings. The third-order valence-electron chi connectivity index (χ3n) is 8.83. The van der Waals surface area contributed by atoms with Crippen LogP contribution < -0.4 is 25.4 Å². The second kappa shape index (κ2) is 12.7. The minimum Gasteiger partial charge on any atom is -0.493 e.